The predicted octanol–water partition coefficient (Wildman–Crippen LogP) is 5.41. The van der Waals surface area contributed by atoms with Gasteiger partial charge in [-0.1, -0.05) is 19.3 Å². The Morgan fingerprint density at radius 2 is 1.76 bits per heavy atom. The number of hydrogen-bond acceptors (Lipinski definition) is 4. The van der Waals surface area contributed by atoms with E-state index in [1.807, 2.05) is 0 Å². The fourth-order valence-electron chi connectivity index (χ4n) is 4.30. The zero-order chi connectivity index (χ0) is 23.8. The minimum Gasteiger partial charge on any atom is -0.285 e. The fourth-order valence-corrected chi connectivity index (χ4v) is 4.30. The maximum absolute atomic E-state index is 13.5. The summed E-state index contributed by atoms with van der Waals surface area (Å²) in [7, 11) is 0. The van der Waals surface area contributed by atoms with Crippen LogP contribution in [0.1, 0.15) is 60.5 Å². The summed E-state index contributed by atoms with van der Waals surface area (Å²) in [5.41, 5.74) is -2.09. The first-order chi connectivity index (χ1) is 15.5. The van der Waals surface area contributed by atoms with Crippen molar-refractivity contribution in [2.45, 2.75) is 63.3 Å². The van der Waals surface area contributed by atoms with Crippen molar-refractivity contribution in [3.8, 4) is 0 Å². The second-order valence-electron chi connectivity index (χ2n) is 8.18. The van der Waals surface area contributed by atoms with Gasteiger partial charge in [-0.05, 0) is 37.0 Å². The Kier molecular flexibility index (Phi) is 6.15. The first kappa shape index (κ1) is 23.2. The molecule has 0 saturated heterocycles. The van der Waals surface area contributed by atoms with E-state index >= 15 is 0 Å². The first-order valence-corrected chi connectivity index (χ1v) is 10.5. The molecular formula is C22H20F6N4O. The van der Waals surface area contributed by atoms with E-state index in [-0.39, 0.29) is 17.1 Å². The highest BCUT2D eigenvalue weighted by Gasteiger charge is 2.34. The molecule has 0 aromatic carbocycles. The van der Waals surface area contributed by atoms with Gasteiger partial charge in [-0.25, -0.2) is 4.98 Å². The van der Waals surface area contributed by atoms with Gasteiger partial charge in [-0.15, -0.1) is 0 Å². The summed E-state index contributed by atoms with van der Waals surface area (Å²) in [6.45, 7) is -0.588. The van der Waals surface area contributed by atoms with E-state index in [9.17, 15) is 31.1 Å². The molecule has 1 saturated carbocycles. The Hall–Kier alpha value is -2.98. The largest absolute Gasteiger partial charge is 0.418 e. The van der Waals surface area contributed by atoms with Gasteiger partial charge in [0.1, 0.15) is 5.52 Å². The lowest BCUT2D eigenvalue weighted by Gasteiger charge is -2.23. The summed E-state index contributed by atoms with van der Waals surface area (Å²) < 4.78 is 80.2. The van der Waals surface area contributed by atoms with Crippen LogP contribution in [0.25, 0.3) is 11.2 Å². The highest BCUT2D eigenvalue weighted by molar-refractivity contribution is 5.71. The molecule has 0 unspecified atom stereocenters. The average Bonchev–Trinajstić information content (AvgIpc) is 2.75. The molecule has 1 aliphatic rings. The number of fused-ring (bicyclic) bond motifs is 1. The van der Waals surface area contributed by atoms with Crippen molar-refractivity contribution in [2.24, 2.45) is 0 Å². The van der Waals surface area contributed by atoms with Crippen LogP contribution in [0.2, 0.25) is 0 Å². The molecule has 0 bridgehead atoms. The van der Waals surface area contributed by atoms with Crippen molar-refractivity contribution < 1.29 is 26.3 Å². The van der Waals surface area contributed by atoms with Crippen LogP contribution in [0, 0.1) is 0 Å². The van der Waals surface area contributed by atoms with Gasteiger partial charge in [0.15, 0.2) is 5.65 Å². The summed E-state index contributed by atoms with van der Waals surface area (Å²) in [5.74, 6) is -0.0932. The van der Waals surface area contributed by atoms with E-state index < -0.39 is 47.8 Å². The molecular weight excluding hydrogens is 450 g/mol. The van der Waals surface area contributed by atoms with Crippen LogP contribution in [-0.2, 0) is 19.1 Å². The lowest BCUT2D eigenvalue weighted by atomic mass is 9.84. The van der Waals surface area contributed by atoms with Crippen LogP contribution in [0.4, 0.5) is 26.3 Å². The Bertz CT molecular complexity index is 1210. The van der Waals surface area contributed by atoms with E-state index in [0.717, 1.165) is 55.0 Å². The summed E-state index contributed by atoms with van der Waals surface area (Å²) in [4.78, 5) is 25.3. The summed E-state index contributed by atoms with van der Waals surface area (Å²) in [6.07, 6.45) is -4.13. The van der Waals surface area contributed by atoms with Crippen molar-refractivity contribution in [1.29, 1.82) is 0 Å². The molecule has 1 aliphatic carbocycles. The van der Waals surface area contributed by atoms with E-state index in [1.54, 1.807) is 0 Å². The first-order valence-electron chi connectivity index (χ1n) is 10.5. The highest BCUT2D eigenvalue weighted by Crippen LogP contribution is 2.33. The molecule has 0 amide bonds. The van der Waals surface area contributed by atoms with Crippen LogP contribution in [0.15, 0.2) is 35.4 Å². The number of rotatable bonds is 4. The number of hydrogen-bond donors (Lipinski definition) is 0. The molecule has 5 nitrogen and oxygen atoms in total. The molecule has 0 spiro atoms. The van der Waals surface area contributed by atoms with Gasteiger partial charge in [0, 0.05) is 18.0 Å². The topological polar surface area (TPSA) is 60.7 Å². The Morgan fingerprint density at radius 3 is 2.42 bits per heavy atom. The average molecular weight is 470 g/mol. The lowest BCUT2D eigenvalue weighted by molar-refractivity contribution is -0.138. The maximum atomic E-state index is 13.5. The predicted molar refractivity (Wildman–Crippen MR) is 108 cm³/mol. The molecule has 11 heteroatoms. The SMILES string of the molecule is O=c1c(C2CCCCC2)cc2ncc(CC(F)(F)F)nc2n1Cc1ncccc1C(F)(F)F. The molecule has 1 fully saturated rings. The van der Waals surface area contributed by atoms with E-state index in [2.05, 4.69) is 15.0 Å². The van der Waals surface area contributed by atoms with Crippen LogP contribution < -0.4 is 5.56 Å². The summed E-state index contributed by atoms with van der Waals surface area (Å²) >= 11 is 0. The van der Waals surface area contributed by atoms with E-state index in [0.29, 0.717) is 5.56 Å². The quantitative estimate of drug-likeness (QED) is 0.479. The normalized spacial score (nSPS) is 15.8. The standard InChI is InChI=1S/C22H20F6N4O/c23-21(24,25)10-14-11-30-17-9-15(13-5-2-1-3-6-13)20(33)32(19(17)31-14)12-18-16(22(26,27)28)7-4-8-29-18/h4,7-9,11,13H,1-3,5-6,10,12H2. The van der Waals surface area contributed by atoms with Crippen LogP contribution in [0.5, 0.6) is 0 Å². The van der Waals surface area contributed by atoms with E-state index in [1.165, 1.54) is 12.3 Å². The fraction of sp³-hybridized carbons (Fsp3) is 0.455. The molecule has 0 aliphatic heterocycles. The second kappa shape index (κ2) is 8.75. The number of alkyl halides is 6. The van der Waals surface area contributed by atoms with Crippen molar-refractivity contribution in [1.82, 2.24) is 19.5 Å². The number of aromatic nitrogens is 4. The summed E-state index contributed by atoms with van der Waals surface area (Å²) in [6, 6.07) is 3.49. The van der Waals surface area contributed by atoms with Gasteiger partial charge in [0.2, 0.25) is 0 Å². The zero-order valence-electron chi connectivity index (χ0n) is 17.4. The molecule has 0 atom stereocenters. The zero-order valence-corrected chi connectivity index (χ0v) is 17.4. The van der Waals surface area contributed by atoms with Gasteiger partial charge in [-0.3, -0.25) is 19.3 Å². The molecule has 3 aromatic rings. The van der Waals surface area contributed by atoms with E-state index in [4.69, 9.17) is 0 Å². The third kappa shape index (κ3) is 5.17. The van der Waals surface area contributed by atoms with Crippen molar-refractivity contribution in [3.63, 3.8) is 0 Å². The summed E-state index contributed by atoms with van der Waals surface area (Å²) in [5, 5.41) is 0. The smallest absolute Gasteiger partial charge is 0.285 e. The molecule has 33 heavy (non-hydrogen) atoms. The molecule has 3 heterocycles. The monoisotopic (exact) mass is 470 g/mol. The minimum absolute atomic E-state index is 0.0932. The van der Waals surface area contributed by atoms with Crippen molar-refractivity contribution in [3.05, 3.63) is 63.5 Å². The van der Waals surface area contributed by atoms with Gasteiger partial charge in [0.05, 0.1) is 29.9 Å². The maximum Gasteiger partial charge on any atom is 0.418 e. The molecule has 176 valence electrons. The molecule has 0 N–H and O–H groups in total. The van der Waals surface area contributed by atoms with Crippen LogP contribution in [-0.4, -0.2) is 25.7 Å². The second-order valence-corrected chi connectivity index (χ2v) is 8.18. The van der Waals surface area contributed by atoms with Gasteiger partial charge in [-0.2, -0.15) is 26.3 Å². The van der Waals surface area contributed by atoms with Crippen LogP contribution in [0.3, 0.4) is 0 Å². The van der Waals surface area contributed by atoms with Gasteiger partial charge >= 0.3 is 12.4 Å². The Morgan fingerprint density at radius 1 is 1.03 bits per heavy atom. The molecule has 3 aromatic heterocycles. The number of nitrogens with zero attached hydrogens (tertiary/aromatic N) is 4. The molecule has 4 rings (SSSR count). The van der Waals surface area contributed by atoms with Crippen LogP contribution >= 0.6 is 0 Å². The highest BCUT2D eigenvalue weighted by atomic mass is 19.4. The number of pyridine rings is 2. The third-order valence-corrected chi connectivity index (χ3v) is 5.80. The van der Waals surface area contributed by atoms with Gasteiger partial charge < -0.3 is 0 Å². The Labute approximate surface area is 184 Å². The number of halogens is 6. The minimum atomic E-state index is -4.71. The Balaban J connectivity index is 1.90. The van der Waals surface area contributed by atoms with Gasteiger partial charge in [0.25, 0.3) is 5.56 Å². The van der Waals surface area contributed by atoms with Crippen molar-refractivity contribution in [2.75, 3.05) is 0 Å². The molecule has 0 radical (unpaired) electrons. The third-order valence-electron chi connectivity index (χ3n) is 5.80. The lowest BCUT2D eigenvalue weighted by Crippen LogP contribution is -2.29. The van der Waals surface area contributed by atoms with Crippen molar-refractivity contribution >= 4 is 11.2 Å².